The minimum absolute atomic E-state index is 0. The minimum atomic E-state index is -0.0866. The maximum absolute atomic E-state index is 11.6. The number of hydrogen-bond donors (Lipinski definition) is 3. The van der Waals surface area contributed by atoms with E-state index in [4.69, 9.17) is 4.74 Å². The largest absolute Gasteiger partial charge is 0.493 e. The summed E-state index contributed by atoms with van der Waals surface area (Å²) in [6.07, 6.45) is 1.03. The summed E-state index contributed by atoms with van der Waals surface area (Å²) in [6.45, 7) is 8.41. The second kappa shape index (κ2) is 13.9. The predicted octanol–water partition coefficient (Wildman–Crippen LogP) is 4.26. The molecule has 0 atom stereocenters. The molecular weight excluding hydrogens is 503 g/mol. The molecule has 0 radical (unpaired) electrons. The zero-order chi connectivity index (χ0) is 21.9. The summed E-state index contributed by atoms with van der Waals surface area (Å²) in [5, 5.41) is 9.28. The van der Waals surface area contributed by atoms with Gasteiger partial charge in [-0.1, -0.05) is 38.1 Å². The van der Waals surface area contributed by atoms with Crippen LogP contribution in [0, 0.1) is 12.8 Å². The molecule has 0 fully saturated rings. The zero-order valence-electron chi connectivity index (χ0n) is 19.1. The molecule has 2 aromatic rings. The third kappa shape index (κ3) is 9.16. The molecule has 0 saturated carbocycles. The first-order valence-corrected chi connectivity index (χ1v) is 10.4. The number of nitrogens with one attached hydrogen (secondary N) is 3. The van der Waals surface area contributed by atoms with Gasteiger partial charge >= 0.3 is 0 Å². The Morgan fingerprint density at radius 1 is 1.06 bits per heavy atom. The van der Waals surface area contributed by atoms with Gasteiger partial charge in [0.05, 0.1) is 6.61 Å². The molecule has 7 heteroatoms. The maximum Gasteiger partial charge on any atom is 0.251 e. The first-order chi connectivity index (χ1) is 14.4. The lowest BCUT2D eigenvalue weighted by Crippen LogP contribution is -2.36. The van der Waals surface area contributed by atoms with Crippen molar-refractivity contribution < 1.29 is 9.53 Å². The Morgan fingerprint density at radius 2 is 1.74 bits per heavy atom. The summed E-state index contributed by atoms with van der Waals surface area (Å²) < 4.78 is 6.03. The van der Waals surface area contributed by atoms with Crippen molar-refractivity contribution in [2.45, 2.75) is 40.3 Å². The van der Waals surface area contributed by atoms with Gasteiger partial charge in [-0.2, -0.15) is 0 Å². The van der Waals surface area contributed by atoms with E-state index in [0.29, 0.717) is 37.1 Å². The van der Waals surface area contributed by atoms with Crippen LogP contribution in [0.1, 0.15) is 47.3 Å². The summed E-state index contributed by atoms with van der Waals surface area (Å²) in [5.74, 6) is 2.16. The topological polar surface area (TPSA) is 74.8 Å². The summed E-state index contributed by atoms with van der Waals surface area (Å²) in [7, 11) is 3.38. The van der Waals surface area contributed by atoms with Crippen LogP contribution in [0.15, 0.2) is 47.5 Å². The van der Waals surface area contributed by atoms with Crippen LogP contribution in [-0.4, -0.2) is 32.6 Å². The van der Waals surface area contributed by atoms with Crippen molar-refractivity contribution in [1.82, 2.24) is 16.0 Å². The normalized spacial score (nSPS) is 11.0. The molecular formula is C24H35IN4O2. The highest BCUT2D eigenvalue weighted by Crippen LogP contribution is 2.21. The van der Waals surface area contributed by atoms with Gasteiger partial charge in [-0.3, -0.25) is 9.79 Å². The highest BCUT2D eigenvalue weighted by atomic mass is 127. The lowest BCUT2D eigenvalue weighted by Gasteiger charge is -2.16. The second-order valence-corrected chi connectivity index (χ2v) is 7.70. The second-order valence-electron chi connectivity index (χ2n) is 7.70. The van der Waals surface area contributed by atoms with Crippen molar-refractivity contribution in [1.29, 1.82) is 0 Å². The van der Waals surface area contributed by atoms with Gasteiger partial charge in [0.15, 0.2) is 5.96 Å². The summed E-state index contributed by atoms with van der Waals surface area (Å²) in [5.41, 5.74) is 4.00. The molecule has 31 heavy (non-hydrogen) atoms. The Hall–Kier alpha value is -2.29. The number of nitrogens with zero attached hydrogens (tertiary/aromatic N) is 1. The Bertz CT molecular complexity index is 851. The number of aryl methyl sites for hydroxylation is 1. The third-order valence-electron chi connectivity index (χ3n) is 4.75. The first kappa shape index (κ1) is 26.7. The van der Waals surface area contributed by atoms with Gasteiger partial charge in [0.1, 0.15) is 5.75 Å². The lowest BCUT2D eigenvalue weighted by molar-refractivity contribution is 0.0963. The van der Waals surface area contributed by atoms with Gasteiger partial charge < -0.3 is 20.7 Å². The molecule has 0 unspecified atom stereocenters. The molecule has 170 valence electrons. The smallest absolute Gasteiger partial charge is 0.251 e. The van der Waals surface area contributed by atoms with E-state index in [1.54, 1.807) is 14.1 Å². The SMILES string of the molecule is CN=C(NCc1ccc(C(=O)NC)cc1)NCc1ccc(C)cc1OCCC(C)C.I. The van der Waals surface area contributed by atoms with Gasteiger partial charge in [-0.05, 0) is 48.6 Å². The highest BCUT2D eigenvalue weighted by Gasteiger charge is 2.07. The van der Waals surface area contributed by atoms with Crippen molar-refractivity contribution in [2.75, 3.05) is 20.7 Å². The van der Waals surface area contributed by atoms with E-state index in [0.717, 1.165) is 23.3 Å². The summed E-state index contributed by atoms with van der Waals surface area (Å²) in [4.78, 5) is 15.9. The number of ether oxygens (including phenoxy) is 1. The number of guanidine groups is 1. The number of aliphatic imine (C=N–C) groups is 1. The van der Waals surface area contributed by atoms with E-state index in [9.17, 15) is 4.79 Å². The Labute approximate surface area is 203 Å². The van der Waals surface area contributed by atoms with E-state index in [-0.39, 0.29) is 29.9 Å². The monoisotopic (exact) mass is 538 g/mol. The molecule has 0 heterocycles. The zero-order valence-corrected chi connectivity index (χ0v) is 21.4. The molecule has 0 aliphatic heterocycles. The van der Waals surface area contributed by atoms with Crippen LogP contribution < -0.4 is 20.7 Å². The van der Waals surface area contributed by atoms with Crippen molar-refractivity contribution in [2.24, 2.45) is 10.9 Å². The minimum Gasteiger partial charge on any atom is -0.493 e. The summed E-state index contributed by atoms with van der Waals surface area (Å²) >= 11 is 0. The van der Waals surface area contributed by atoms with Gasteiger partial charge in [-0.15, -0.1) is 24.0 Å². The molecule has 0 aliphatic rings. The first-order valence-electron chi connectivity index (χ1n) is 10.4. The number of carbonyl (C=O) groups is 1. The van der Waals surface area contributed by atoms with Crippen LogP contribution in [0.5, 0.6) is 5.75 Å². The number of carbonyl (C=O) groups excluding carboxylic acids is 1. The van der Waals surface area contributed by atoms with Gasteiger partial charge in [0, 0.05) is 38.3 Å². The average molecular weight is 538 g/mol. The van der Waals surface area contributed by atoms with Gasteiger partial charge in [0.25, 0.3) is 5.91 Å². The quantitative estimate of drug-likeness (QED) is 0.254. The standard InChI is InChI=1S/C24H34N4O2.HI/c1-17(2)12-13-30-22-14-18(3)6-9-21(22)16-28-24(26-5)27-15-19-7-10-20(11-8-19)23(29)25-4;/h6-11,14,17H,12-13,15-16H2,1-5H3,(H,25,29)(H2,26,27,28);1H. The van der Waals surface area contributed by atoms with Gasteiger partial charge in [0.2, 0.25) is 0 Å². The number of rotatable bonds is 9. The predicted molar refractivity (Wildman–Crippen MR) is 138 cm³/mol. The van der Waals surface area contributed by atoms with Crippen LogP contribution in [0.25, 0.3) is 0 Å². The average Bonchev–Trinajstić information content (AvgIpc) is 2.74. The molecule has 0 spiro atoms. The van der Waals surface area contributed by atoms with Crippen LogP contribution in [0.4, 0.5) is 0 Å². The molecule has 0 saturated heterocycles. The number of halogens is 1. The van der Waals surface area contributed by atoms with E-state index in [1.165, 1.54) is 5.56 Å². The fourth-order valence-electron chi connectivity index (χ4n) is 2.85. The van der Waals surface area contributed by atoms with Crippen molar-refractivity contribution >= 4 is 35.8 Å². The summed E-state index contributed by atoms with van der Waals surface area (Å²) in [6, 6.07) is 13.8. The number of hydrogen-bond acceptors (Lipinski definition) is 3. The maximum atomic E-state index is 11.6. The molecule has 2 rings (SSSR count). The van der Waals surface area contributed by atoms with Crippen molar-refractivity contribution in [3.05, 3.63) is 64.7 Å². The number of benzene rings is 2. The molecule has 6 nitrogen and oxygen atoms in total. The fraction of sp³-hybridized carbons (Fsp3) is 0.417. The molecule has 0 aromatic heterocycles. The molecule has 2 aromatic carbocycles. The molecule has 1 amide bonds. The van der Waals surface area contributed by atoms with Crippen LogP contribution in [0.3, 0.4) is 0 Å². The van der Waals surface area contributed by atoms with Crippen LogP contribution >= 0.6 is 24.0 Å². The highest BCUT2D eigenvalue weighted by molar-refractivity contribution is 14.0. The van der Waals surface area contributed by atoms with Crippen molar-refractivity contribution in [3.8, 4) is 5.75 Å². The van der Waals surface area contributed by atoms with Gasteiger partial charge in [-0.25, -0.2) is 0 Å². The van der Waals surface area contributed by atoms with Crippen LogP contribution in [0.2, 0.25) is 0 Å². The van der Waals surface area contributed by atoms with Crippen LogP contribution in [-0.2, 0) is 13.1 Å². The molecule has 3 N–H and O–H groups in total. The van der Waals surface area contributed by atoms with E-state index in [2.05, 4.69) is 59.9 Å². The Balaban J connectivity index is 0.00000480. The van der Waals surface area contributed by atoms with Crippen molar-refractivity contribution in [3.63, 3.8) is 0 Å². The Morgan fingerprint density at radius 3 is 2.35 bits per heavy atom. The van der Waals surface area contributed by atoms with E-state index >= 15 is 0 Å². The lowest BCUT2D eigenvalue weighted by atomic mass is 10.1. The number of amides is 1. The Kier molecular flexibility index (Phi) is 12.0. The van der Waals surface area contributed by atoms with E-state index < -0.39 is 0 Å². The fourth-order valence-corrected chi connectivity index (χ4v) is 2.85. The van der Waals surface area contributed by atoms with E-state index in [1.807, 2.05) is 24.3 Å². The molecule has 0 aliphatic carbocycles. The third-order valence-corrected chi connectivity index (χ3v) is 4.75. The molecule has 0 bridgehead atoms.